The monoisotopic (exact) mass is 362 g/mol. The van der Waals surface area contributed by atoms with Crippen molar-refractivity contribution in [2.24, 2.45) is 0 Å². The van der Waals surface area contributed by atoms with Crippen LogP contribution in [-0.4, -0.2) is 32.2 Å². The van der Waals surface area contributed by atoms with E-state index in [1.807, 2.05) is 37.4 Å². The zero-order valence-electron chi connectivity index (χ0n) is 15.2. The number of methoxy groups -OCH3 is 1. The predicted molar refractivity (Wildman–Crippen MR) is 100 cm³/mol. The number of fused-ring (bicyclic) bond motifs is 1. The van der Waals surface area contributed by atoms with E-state index in [-0.39, 0.29) is 0 Å². The van der Waals surface area contributed by atoms with Gasteiger partial charge in [-0.15, -0.1) is 0 Å². The molecule has 0 atom stereocenters. The van der Waals surface area contributed by atoms with Crippen molar-refractivity contribution in [1.82, 2.24) is 25.1 Å². The molecule has 8 nitrogen and oxygen atoms in total. The summed E-state index contributed by atoms with van der Waals surface area (Å²) in [5, 5.41) is 7.85. The number of hydrogen-bond acceptors (Lipinski definition) is 8. The van der Waals surface area contributed by atoms with Gasteiger partial charge in [-0.2, -0.15) is 4.98 Å². The van der Waals surface area contributed by atoms with Crippen LogP contribution in [0.25, 0.3) is 22.2 Å². The Hall–Kier alpha value is -3.55. The summed E-state index contributed by atoms with van der Waals surface area (Å²) in [6, 6.07) is 7.93. The smallest absolute Gasteiger partial charge is 0.245 e. The SMILES string of the molecule is COc1cc(-c2ccc(C)cn2)cc2c(NCc3nc(C)no3)ncnc12. The van der Waals surface area contributed by atoms with Crippen LogP contribution < -0.4 is 10.1 Å². The second-order valence-electron chi connectivity index (χ2n) is 6.11. The predicted octanol–water partition coefficient (Wildman–Crippen LogP) is 3.31. The molecule has 0 aliphatic heterocycles. The van der Waals surface area contributed by atoms with Crippen molar-refractivity contribution in [3.63, 3.8) is 0 Å². The molecule has 0 aliphatic rings. The molecule has 0 bridgehead atoms. The number of hydrogen-bond donors (Lipinski definition) is 1. The number of aryl methyl sites for hydroxylation is 2. The van der Waals surface area contributed by atoms with Gasteiger partial charge in [-0.3, -0.25) is 4.98 Å². The minimum Gasteiger partial charge on any atom is -0.494 e. The van der Waals surface area contributed by atoms with Gasteiger partial charge in [0.25, 0.3) is 0 Å². The van der Waals surface area contributed by atoms with E-state index in [0.29, 0.717) is 35.3 Å². The maximum atomic E-state index is 5.55. The van der Waals surface area contributed by atoms with Crippen molar-refractivity contribution in [2.45, 2.75) is 20.4 Å². The van der Waals surface area contributed by atoms with Gasteiger partial charge in [0.1, 0.15) is 23.4 Å². The quantitative estimate of drug-likeness (QED) is 0.577. The van der Waals surface area contributed by atoms with Crippen LogP contribution in [0.3, 0.4) is 0 Å². The van der Waals surface area contributed by atoms with Crippen molar-refractivity contribution in [3.05, 3.63) is 54.1 Å². The molecule has 4 rings (SSSR count). The summed E-state index contributed by atoms with van der Waals surface area (Å²) >= 11 is 0. The Kier molecular flexibility index (Phi) is 4.37. The largest absolute Gasteiger partial charge is 0.494 e. The first-order valence-electron chi connectivity index (χ1n) is 8.43. The molecule has 0 amide bonds. The van der Waals surface area contributed by atoms with Gasteiger partial charge in [-0.25, -0.2) is 9.97 Å². The Labute approximate surface area is 155 Å². The number of aromatic nitrogens is 5. The van der Waals surface area contributed by atoms with Gasteiger partial charge in [0.05, 0.1) is 19.3 Å². The highest BCUT2D eigenvalue weighted by molar-refractivity contribution is 5.96. The van der Waals surface area contributed by atoms with E-state index in [2.05, 4.69) is 30.4 Å². The number of anilines is 1. The van der Waals surface area contributed by atoms with Crippen LogP contribution in [0.5, 0.6) is 5.75 Å². The van der Waals surface area contributed by atoms with Crippen LogP contribution in [0.15, 0.2) is 41.3 Å². The molecule has 136 valence electrons. The first kappa shape index (κ1) is 16.9. The first-order valence-corrected chi connectivity index (χ1v) is 8.43. The zero-order chi connectivity index (χ0) is 18.8. The van der Waals surface area contributed by atoms with Crippen molar-refractivity contribution in [1.29, 1.82) is 0 Å². The third-order valence-electron chi connectivity index (χ3n) is 4.11. The van der Waals surface area contributed by atoms with Gasteiger partial charge in [-0.05, 0) is 37.6 Å². The molecule has 1 N–H and O–H groups in total. The second-order valence-corrected chi connectivity index (χ2v) is 6.11. The number of pyridine rings is 1. The Bertz CT molecular complexity index is 1090. The molecule has 3 aromatic heterocycles. The standard InChI is InChI=1S/C19H18N6O2/c1-11-4-5-15(20-8-11)13-6-14-18(16(7-13)26-3)22-10-23-19(14)21-9-17-24-12(2)25-27-17/h4-8,10H,9H2,1-3H3,(H,21,22,23). The van der Waals surface area contributed by atoms with Crippen molar-refractivity contribution >= 4 is 16.7 Å². The van der Waals surface area contributed by atoms with E-state index in [4.69, 9.17) is 9.26 Å². The molecule has 0 fully saturated rings. The molecule has 3 heterocycles. The number of rotatable bonds is 5. The highest BCUT2D eigenvalue weighted by atomic mass is 16.5. The summed E-state index contributed by atoms with van der Waals surface area (Å²) in [5.41, 5.74) is 3.59. The number of nitrogens with one attached hydrogen (secondary N) is 1. The Morgan fingerprint density at radius 2 is 2.00 bits per heavy atom. The number of ether oxygens (including phenoxy) is 1. The average Bonchev–Trinajstić information content (AvgIpc) is 3.11. The number of nitrogens with zero attached hydrogens (tertiary/aromatic N) is 5. The van der Waals surface area contributed by atoms with Crippen molar-refractivity contribution in [3.8, 4) is 17.0 Å². The fourth-order valence-electron chi connectivity index (χ4n) is 2.79. The first-order chi connectivity index (χ1) is 13.1. The highest BCUT2D eigenvalue weighted by Gasteiger charge is 2.13. The molecule has 0 saturated carbocycles. The summed E-state index contributed by atoms with van der Waals surface area (Å²) in [5.74, 6) is 2.39. The van der Waals surface area contributed by atoms with E-state index < -0.39 is 0 Å². The lowest BCUT2D eigenvalue weighted by Gasteiger charge is -2.12. The summed E-state index contributed by atoms with van der Waals surface area (Å²) in [4.78, 5) is 17.4. The molecular formula is C19H18N6O2. The number of benzene rings is 1. The Morgan fingerprint density at radius 1 is 1.11 bits per heavy atom. The van der Waals surface area contributed by atoms with Crippen molar-refractivity contribution in [2.75, 3.05) is 12.4 Å². The van der Waals surface area contributed by atoms with Crippen LogP contribution in [0.1, 0.15) is 17.3 Å². The fraction of sp³-hybridized carbons (Fsp3) is 0.211. The van der Waals surface area contributed by atoms with Crippen LogP contribution >= 0.6 is 0 Å². The average molecular weight is 362 g/mol. The van der Waals surface area contributed by atoms with Gasteiger partial charge in [0, 0.05) is 17.1 Å². The van der Waals surface area contributed by atoms with E-state index in [9.17, 15) is 0 Å². The minimum atomic E-state index is 0.363. The Balaban J connectivity index is 1.77. The Morgan fingerprint density at radius 3 is 2.70 bits per heavy atom. The lowest BCUT2D eigenvalue weighted by molar-refractivity contribution is 0.379. The molecule has 0 aliphatic carbocycles. The molecule has 8 heteroatoms. The summed E-state index contributed by atoms with van der Waals surface area (Å²) in [7, 11) is 1.62. The molecule has 4 aromatic rings. The molecule has 0 spiro atoms. The minimum absolute atomic E-state index is 0.363. The van der Waals surface area contributed by atoms with Gasteiger partial charge in [0.15, 0.2) is 5.82 Å². The molecule has 1 aromatic carbocycles. The fourth-order valence-corrected chi connectivity index (χ4v) is 2.79. The third-order valence-corrected chi connectivity index (χ3v) is 4.11. The van der Waals surface area contributed by atoms with Gasteiger partial charge < -0.3 is 14.6 Å². The van der Waals surface area contributed by atoms with Crippen LogP contribution in [0, 0.1) is 13.8 Å². The van der Waals surface area contributed by atoms with Crippen LogP contribution in [0.2, 0.25) is 0 Å². The normalized spacial score (nSPS) is 10.9. The lowest BCUT2D eigenvalue weighted by atomic mass is 10.1. The molecule has 0 radical (unpaired) electrons. The molecular weight excluding hydrogens is 344 g/mol. The topological polar surface area (TPSA) is 98.8 Å². The van der Waals surface area contributed by atoms with Gasteiger partial charge in [-0.1, -0.05) is 11.2 Å². The van der Waals surface area contributed by atoms with Crippen LogP contribution in [0.4, 0.5) is 5.82 Å². The maximum absolute atomic E-state index is 5.55. The van der Waals surface area contributed by atoms with Crippen LogP contribution in [-0.2, 0) is 6.54 Å². The highest BCUT2D eigenvalue weighted by Crippen LogP contribution is 2.33. The van der Waals surface area contributed by atoms with E-state index in [1.165, 1.54) is 6.33 Å². The second kappa shape index (κ2) is 6.99. The third kappa shape index (κ3) is 3.41. The maximum Gasteiger partial charge on any atom is 0.245 e. The van der Waals surface area contributed by atoms with E-state index >= 15 is 0 Å². The van der Waals surface area contributed by atoms with Gasteiger partial charge in [0.2, 0.25) is 5.89 Å². The molecule has 0 unspecified atom stereocenters. The van der Waals surface area contributed by atoms with E-state index in [1.54, 1.807) is 14.0 Å². The zero-order valence-corrected chi connectivity index (χ0v) is 15.2. The van der Waals surface area contributed by atoms with Crippen molar-refractivity contribution < 1.29 is 9.26 Å². The molecule has 27 heavy (non-hydrogen) atoms. The summed E-state index contributed by atoms with van der Waals surface area (Å²) < 4.78 is 10.7. The van der Waals surface area contributed by atoms with Gasteiger partial charge >= 0.3 is 0 Å². The van der Waals surface area contributed by atoms with E-state index in [0.717, 1.165) is 22.2 Å². The lowest BCUT2D eigenvalue weighted by Crippen LogP contribution is -2.03. The summed E-state index contributed by atoms with van der Waals surface area (Å²) in [6.07, 6.45) is 3.33. The summed E-state index contributed by atoms with van der Waals surface area (Å²) in [6.45, 7) is 4.15. The molecule has 0 saturated heterocycles.